The number of carbonyl (C=O) groups is 2. The van der Waals surface area contributed by atoms with E-state index >= 15 is 0 Å². The zero-order valence-corrected chi connectivity index (χ0v) is 11.8. The minimum absolute atomic E-state index is 0.241. The van der Waals surface area contributed by atoms with Crippen molar-refractivity contribution >= 4 is 23.6 Å². The molecule has 112 valence electrons. The van der Waals surface area contributed by atoms with Crippen LogP contribution in [0.15, 0.2) is 24.3 Å². The van der Waals surface area contributed by atoms with Gasteiger partial charge in [0.25, 0.3) is 0 Å². The number of hydrogen-bond donors (Lipinski definition) is 2. The fourth-order valence-electron chi connectivity index (χ4n) is 2.36. The molecule has 0 aliphatic carbocycles. The van der Waals surface area contributed by atoms with Crippen LogP contribution in [0.25, 0.3) is 6.08 Å². The van der Waals surface area contributed by atoms with E-state index < -0.39 is 17.9 Å². The van der Waals surface area contributed by atoms with Crippen LogP contribution in [-0.4, -0.2) is 42.8 Å². The summed E-state index contributed by atoms with van der Waals surface area (Å²) in [6.07, 6.45) is 2.61. The van der Waals surface area contributed by atoms with Gasteiger partial charge in [-0.1, -0.05) is 11.6 Å². The third-order valence-corrected chi connectivity index (χ3v) is 3.35. The van der Waals surface area contributed by atoms with Crippen molar-refractivity contribution in [1.82, 2.24) is 0 Å². The zero-order valence-electron chi connectivity index (χ0n) is 11.8. The van der Waals surface area contributed by atoms with Gasteiger partial charge in [0.05, 0.1) is 13.2 Å². The molecule has 6 heteroatoms. The van der Waals surface area contributed by atoms with Gasteiger partial charge in [-0.25, -0.2) is 4.79 Å². The highest BCUT2D eigenvalue weighted by atomic mass is 16.5. The van der Waals surface area contributed by atoms with Crippen LogP contribution in [0.5, 0.6) is 0 Å². The highest BCUT2D eigenvalue weighted by molar-refractivity contribution is 5.89. The maximum absolute atomic E-state index is 11.6. The van der Waals surface area contributed by atoms with Crippen molar-refractivity contribution in [1.29, 1.82) is 0 Å². The van der Waals surface area contributed by atoms with Crippen molar-refractivity contribution in [3.05, 3.63) is 35.4 Å². The van der Waals surface area contributed by atoms with Crippen LogP contribution in [0, 0.1) is 6.92 Å². The summed E-state index contributed by atoms with van der Waals surface area (Å²) in [5.74, 6) is -1.47. The molecule has 0 aromatic heterocycles. The topological polar surface area (TPSA) is 92.9 Å². The normalized spacial score (nSPS) is 18.9. The Bertz CT molecular complexity index is 583. The molecule has 1 aromatic carbocycles. The minimum Gasteiger partial charge on any atom is -0.478 e. The van der Waals surface area contributed by atoms with Crippen molar-refractivity contribution in [3.63, 3.8) is 0 Å². The Morgan fingerprint density at radius 1 is 1.48 bits per heavy atom. The molecule has 21 heavy (non-hydrogen) atoms. The van der Waals surface area contributed by atoms with Crippen LogP contribution >= 0.6 is 0 Å². The Morgan fingerprint density at radius 3 is 2.90 bits per heavy atom. The second kappa shape index (κ2) is 6.41. The molecule has 0 bridgehead atoms. The van der Waals surface area contributed by atoms with Crippen LogP contribution < -0.4 is 10.6 Å². The van der Waals surface area contributed by atoms with Crippen LogP contribution in [-0.2, 0) is 14.3 Å². The number of carboxylic acid groups (broad SMARTS) is 1. The molecule has 3 N–H and O–H groups in total. The molecule has 1 aliphatic rings. The van der Waals surface area contributed by atoms with E-state index in [0.29, 0.717) is 13.2 Å². The average Bonchev–Trinajstić information content (AvgIpc) is 2.45. The molecule has 1 aromatic rings. The highest BCUT2D eigenvalue weighted by Crippen LogP contribution is 2.26. The molecule has 1 heterocycles. The molecule has 1 unspecified atom stereocenters. The molecule has 0 saturated carbocycles. The lowest BCUT2D eigenvalue weighted by Gasteiger charge is -2.36. The Kier molecular flexibility index (Phi) is 4.59. The number of ether oxygens (including phenoxy) is 1. The van der Waals surface area contributed by atoms with Gasteiger partial charge in [-0.3, -0.25) is 4.79 Å². The number of aliphatic carboxylic acids is 1. The molecular formula is C15H18N2O4. The molecule has 6 nitrogen and oxygen atoms in total. The number of primary amides is 1. The Labute approximate surface area is 122 Å². The van der Waals surface area contributed by atoms with E-state index in [0.717, 1.165) is 22.9 Å². The lowest BCUT2D eigenvalue weighted by Crippen LogP contribution is -2.52. The number of nitrogens with zero attached hydrogens (tertiary/aromatic N) is 1. The summed E-state index contributed by atoms with van der Waals surface area (Å²) in [5, 5.41) is 8.79. The fraction of sp³-hybridized carbons (Fsp3) is 0.333. The van der Waals surface area contributed by atoms with Crippen LogP contribution in [0.1, 0.15) is 11.1 Å². The first-order valence-corrected chi connectivity index (χ1v) is 6.64. The van der Waals surface area contributed by atoms with Crippen LogP contribution in [0.2, 0.25) is 0 Å². The number of rotatable bonds is 4. The van der Waals surface area contributed by atoms with Gasteiger partial charge in [-0.15, -0.1) is 0 Å². The summed E-state index contributed by atoms with van der Waals surface area (Å²) in [6.45, 7) is 3.20. The molecule has 1 fully saturated rings. The first-order valence-electron chi connectivity index (χ1n) is 6.64. The number of carboxylic acids is 1. The van der Waals surface area contributed by atoms with Gasteiger partial charge in [0.15, 0.2) is 0 Å². The van der Waals surface area contributed by atoms with Crippen molar-refractivity contribution < 1.29 is 19.4 Å². The third-order valence-electron chi connectivity index (χ3n) is 3.35. The van der Waals surface area contributed by atoms with Crippen molar-refractivity contribution in [2.24, 2.45) is 5.73 Å². The van der Waals surface area contributed by atoms with Gasteiger partial charge in [0.2, 0.25) is 5.91 Å². The van der Waals surface area contributed by atoms with Gasteiger partial charge in [0.1, 0.15) is 6.04 Å². The first-order chi connectivity index (χ1) is 9.99. The first kappa shape index (κ1) is 15.1. The van der Waals surface area contributed by atoms with E-state index in [-0.39, 0.29) is 6.61 Å². The van der Waals surface area contributed by atoms with Gasteiger partial charge >= 0.3 is 5.97 Å². The molecule has 1 aliphatic heterocycles. The Morgan fingerprint density at radius 2 is 2.24 bits per heavy atom. The summed E-state index contributed by atoms with van der Waals surface area (Å²) in [5.41, 5.74) is 7.96. The molecule has 0 spiro atoms. The number of benzene rings is 1. The van der Waals surface area contributed by atoms with E-state index in [2.05, 4.69) is 0 Å². The lowest BCUT2D eigenvalue weighted by atomic mass is 10.1. The second-order valence-corrected chi connectivity index (χ2v) is 4.92. The predicted octanol–water partition coefficient (Wildman–Crippen LogP) is 0.783. The van der Waals surface area contributed by atoms with Gasteiger partial charge in [0, 0.05) is 18.3 Å². The monoisotopic (exact) mass is 290 g/mol. The number of aryl methyl sites for hydroxylation is 1. The number of amides is 1. The SMILES string of the molecule is Cc1ccc(N2CCOCC2C(N)=O)c(/C=C/C(=O)O)c1. The summed E-state index contributed by atoms with van der Waals surface area (Å²) in [7, 11) is 0. The third kappa shape index (κ3) is 3.61. The average molecular weight is 290 g/mol. The summed E-state index contributed by atoms with van der Waals surface area (Å²) in [4.78, 5) is 24.2. The smallest absolute Gasteiger partial charge is 0.328 e. The molecular weight excluding hydrogens is 272 g/mol. The minimum atomic E-state index is -1.02. The van der Waals surface area contributed by atoms with E-state index in [4.69, 9.17) is 15.6 Å². The molecule has 1 amide bonds. The maximum atomic E-state index is 11.6. The van der Waals surface area contributed by atoms with Crippen molar-refractivity contribution in [2.45, 2.75) is 13.0 Å². The van der Waals surface area contributed by atoms with Crippen LogP contribution in [0.3, 0.4) is 0 Å². The number of anilines is 1. The van der Waals surface area contributed by atoms with E-state index in [1.165, 1.54) is 6.08 Å². The van der Waals surface area contributed by atoms with Gasteiger partial charge in [-0.05, 0) is 30.7 Å². The van der Waals surface area contributed by atoms with E-state index in [1.807, 2.05) is 30.0 Å². The highest BCUT2D eigenvalue weighted by Gasteiger charge is 2.28. The zero-order chi connectivity index (χ0) is 15.4. The largest absolute Gasteiger partial charge is 0.478 e. The van der Waals surface area contributed by atoms with E-state index in [1.54, 1.807) is 0 Å². The lowest BCUT2D eigenvalue weighted by molar-refractivity contribution is -0.131. The number of carbonyl (C=O) groups excluding carboxylic acids is 1. The molecule has 2 rings (SSSR count). The summed E-state index contributed by atoms with van der Waals surface area (Å²) < 4.78 is 5.30. The van der Waals surface area contributed by atoms with E-state index in [9.17, 15) is 9.59 Å². The molecule has 1 atom stereocenters. The van der Waals surface area contributed by atoms with Crippen molar-refractivity contribution in [2.75, 3.05) is 24.7 Å². The van der Waals surface area contributed by atoms with Crippen LogP contribution in [0.4, 0.5) is 5.69 Å². The standard InChI is InChI=1S/C15H18N2O4/c1-10-2-4-12(11(8-10)3-5-14(18)19)17-6-7-21-9-13(17)15(16)20/h2-5,8,13H,6-7,9H2,1H3,(H2,16,20)(H,18,19)/b5-3+. The second-order valence-electron chi connectivity index (χ2n) is 4.92. The number of nitrogens with two attached hydrogens (primary N) is 1. The van der Waals surface area contributed by atoms with Crippen molar-refractivity contribution in [3.8, 4) is 0 Å². The van der Waals surface area contributed by atoms with Gasteiger partial charge < -0.3 is 20.5 Å². The Hall–Kier alpha value is -2.34. The number of hydrogen-bond acceptors (Lipinski definition) is 4. The maximum Gasteiger partial charge on any atom is 0.328 e. The number of morpholine rings is 1. The predicted molar refractivity (Wildman–Crippen MR) is 79.0 cm³/mol. The van der Waals surface area contributed by atoms with Gasteiger partial charge in [-0.2, -0.15) is 0 Å². The summed E-state index contributed by atoms with van der Waals surface area (Å²) in [6, 6.07) is 5.12. The fourth-order valence-corrected chi connectivity index (χ4v) is 2.36. The molecule has 0 radical (unpaired) electrons. The molecule has 1 saturated heterocycles. The quantitative estimate of drug-likeness (QED) is 0.799. The summed E-state index contributed by atoms with van der Waals surface area (Å²) >= 11 is 0. The Balaban J connectivity index is 2.41.